The van der Waals surface area contributed by atoms with E-state index in [1.54, 1.807) is 36.4 Å². The second kappa shape index (κ2) is 10.2. The summed E-state index contributed by atoms with van der Waals surface area (Å²) in [4.78, 5) is 12.5. The van der Waals surface area contributed by atoms with Crippen molar-refractivity contribution in [3.63, 3.8) is 0 Å². The Balaban J connectivity index is 1.51. The fraction of sp³-hybridized carbons (Fsp3) is 0.208. The minimum atomic E-state index is -3.58. The van der Waals surface area contributed by atoms with E-state index in [-0.39, 0.29) is 17.3 Å². The van der Waals surface area contributed by atoms with E-state index in [1.165, 1.54) is 5.56 Å². The zero-order chi connectivity index (χ0) is 21.4. The zero-order valence-corrected chi connectivity index (χ0v) is 17.8. The van der Waals surface area contributed by atoms with Gasteiger partial charge in [0.2, 0.25) is 10.0 Å². The fourth-order valence-corrected chi connectivity index (χ4v) is 4.02. The average Bonchev–Trinajstić information content (AvgIpc) is 2.79. The number of amides is 1. The van der Waals surface area contributed by atoms with Gasteiger partial charge in [-0.1, -0.05) is 61.5 Å². The lowest BCUT2D eigenvalue weighted by Gasteiger charge is -2.09. The third-order valence-corrected chi connectivity index (χ3v) is 6.28. The van der Waals surface area contributed by atoms with Gasteiger partial charge in [0.05, 0.1) is 4.90 Å². The number of carbonyl (C=O) groups is 1. The van der Waals surface area contributed by atoms with Gasteiger partial charge < -0.3 is 5.32 Å². The summed E-state index contributed by atoms with van der Waals surface area (Å²) < 4.78 is 27.5. The van der Waals surface area contributed by atoms with E-state index in [2.05, 4.69) is 10.0 Å². The largest absolute Gasteiger partial charge is 0.352 e. The van der Waals surface area contributed by atoms with Gasteiger partial charge in [-0.25, -0.2) is 13.1 Å². The van der Waals surface area contributed by atoms with E-state index in [1.807, 2.05) is 49.4 Å². The first-order valence-electron chi connectivity index (χ1n) is 9.97. The van der Waals surface area contributed by atoms with E-state index in [9.17, 15) is 13.2 Å². The Morgan fingerprint density at radius 3 is 2.07 bits per heavy atom. The SMILES string of the molecule is CCc1ccc(S(=O)(=O)NCc2ccc(C(=O)NCCc3ccccc3)cc2)cc1. The first kappa shape index (κ1) is 21.7. The van der Waals surface area contributed by atoms with Gasteiger partial charge in [-0.3, -0.25) is 4.79 Å². The molecule has 3 aromatic rings. The molecule has 0 unspecified atom stereocenters. The monoisotopic (exact) mass is 422 g/mol. The maximum absolute atomic E-state index is 12.4. The van der Waals surface area contributed by atoms with Crippen molar-refractivity contribution in [3.05, 3.63) is 101 Å². The number of benzene rings is 3. The summed E-state index contributed by atoms with van der Waals surface area (Å²) >= 11 is 0. The van der Waals surface area contributed by atoms with Gasteiger partial charge in [-0.15, -0.1) is 0 Å². The van der Waals surface area contributed by atoms with Crippen molar-refractivity contribution in [3.8, 4) is 0 Å². The molecule has 0 spiro atoms. The van der Waals surface area contributed by atoms with Gasteiger partial charge in [0.15, 0.2) is 0 Å². The summed E-state index contributed by atoms with van der Waals surface area (Å²) in [6.45, 7) is 2.74. The summed E-state index contributed by atoms with van der Waals surface area (Å²) in [5.74, 6) is -0.144. The van der Waals surface area contributed by atoms with Crippen LogP contribution in [0.1, 0.15) is 34.0 Å². The van der Waals surface area contributed by atoms with Crippen molar-refractivity contribution in [1.29, 1.82) is 0 Å². The molecule has 0 saturated heterocycles. The third-order valence-electron chi connectivity index (χ3n) is 4.87. The molecule has 1 amide bonds. The summed E-state index contributed by atoms with van der Waals surface area (Å²) in [7, 11) is -3.58. The lowest BCUT2D eigenvalue weighted by atomic mass is 10.1. The van der Waals surface area contributed by atoms with Crippen LogP contribution in [-0.4, -0.2) is 20.9 Å². The number of carbonyl (C=O) groups excluding carboxylic acids is 1. The number of nitrogens with one attached hydrogen (secondary N) is 2. The highest BCUT2D eigenvalue weighted by Crippen LogP contribution is 2.12. The number of sulfonamides is 1. The second-order valence-corrected chi connectivity index (χ2v) is 8.78. The molecule has 0 saturated carbocycles. The average molecular weight is 423 g/mol. The van der Waals surface area contributed by atoms with Crippen LogP contribution in [0.3, 0.4) is 0 Å². The normalized spacial score (nSPS) is 11.2. The molecule has 0 aliphatic rings. The molecule has 6 heteroatoms. The first-order valence-corrected chi connectivity index (χ1v) is 11.5. The van der Waals surface area contributed by atoms with Crippen LogP contribution in [0.15, 0.2) is 83.8 Å². The lowest BCUT2D eigenvalue weighted by molar-refractivity contribution is 0.0954. The van der Waals surface area contributed by atoms with Gasteiger partial charge in [0.1, 0.15) is 0 Å². The molecule has 0 fully saturated rings. The zero-order valence-electron chi connectivity index (χ0n) is 17.0. The smallest absolute Gasteiger partial charge is 0.251 e. The van der Waals surface area contributed by atoms with E-state index >= 15 is 0 Å². The Bertz CT molecular complexity index is 1060. The molecule has 3 aromatic carbocycles. The molecular formula is C24H26N2O3S. The fourth-order valence-electron chi connectivity index (χ4n) is 3.01. The standard InChI is InChI=1S/C24H26N2O3S/c1-2-19-10-14-23(15-11-19)30(28,29)26-18-21-8-12-22(13-9-21)24(27)25-17-16-20-6-4-3-5-7-20/h3-15,26H,2,16-18H2,1H3,(H,25,27). The predicted octanol–water partition coefficient (Wildman–Crippen LogP) is 3.70. The molecule has 0 bridgehead atoms. The van der Waals surface area contributed by atoms with Crippen molar-refractivity contribution in [2.24, 2.45) is 0 Å². The molecule has 0 aromatic heterocycles. The molecule has 5 nitrogen and oxygen atoms in total. The summed E-state index contributed by atoms with van der Waals surface area (Å²) in [6, 6.07) is 23.8. The Kier molecular flexibility index (Phi) is 7.38. The molecule has 0 heterocycles. The van der Waals surface area contributed by atoms with Crippen LogP contribution >= 0.6 is 0 Å². The predicted molar refractivity (Wildman–Crippen MR) is 119 cm³/mol. The number of hydrogen-bond acceptors (Lipinski definition) is 3. The maximum Gasteiger partial charge on any atom is 0.251 e. The van der Waals surface area contributed by atoms with Crippen LogP contribution in [0.25, 0.3) is 0 Å². The summed E-state index contributed by atoms with van der Waals surface area (Å²) in [5, 5.41) is 2.90. The molecule has 30 heavy (non-hydrogen) atoms. The van der Waals surface area contributed by atoms with E-state index < -0.39 is 10.0 Å². The Morgan fingerprint density at radius 2 is 1.43 bits per heavy atom. The topological polar surface area (TPSA) is 75.3 Å². The van der Waals surface area contributed by atoms with Crippen molar-refractivity contribution in [2.75, 3.05) is 6.54 Å². The first-order chi connectivity index (χ1) is 14.5. The van der Waals surface area contributed by atoms with E-state index in [0.29, 0.717) is 12.1 Å². The maximum atomic E-state index is 12.4. The van der Waals surface area contributed by atoms with Crippen molar-refractivity contribution >= 4 is 15.9 Å². The minimum absolute atomic E-state index is 0.144. The van der Waals surface area contributed by atoms with E-state index in [0.717, 1.165) is 24.0 Å². The number of rotatable bonds is 9. The molecule has 0 aliphatic carbocycles. The molecule has 156 valence electrons. The Labute approximate surface area is 178 Å². The Hall–Kier alpha value is -2.96. The van der Waals surface area contributed by atoms with Crippen LogP contribution in [0, 0.1) is 0 Å². The highest BCUT2D eigenvalue weighted by molar-refractivity contribution is 7.89. The molecule has 0 atom stereocenters. The third kappa shape index (κ3) is 6.02. The lowest BCUT2D eigenvalue weighted by Crippen LogP contribution is -2.26. The molecule has 0 aliphatic heterocycles. The van der Waals surface area contributed by atoms with Gasteiger partial charge in [-0.05, 0) is 53.8 Å². The minimum Gasteiger partial charge on any atom is -0.352 e. The number of hydrogen-bond donors (Lipinski definition) is 2. The van der Waals surface area contributed by atoms with Crippen LogP contribution < -0.4 is 10.0 Å². The van der Waals surface area contributed by atoms with Gasteiger partial charge in [0, 0.05) is 18.7 Å². The van der Waals surface area contributed by atoms with Crippen LogP contribution in [0.2, 0.25) is 0 Å². The highest BCUT2D eigenvalue weighted by atomic mass is 32.2. The number of aryl methyl sites for hydroxylation is 1. The Morgan fingerprint density at radius 1 is 0.800 bits per heavy atom. The second-order valence-electron chi connectivity index (χ2n) is 7.01. The van der Waals surface area contributed by atoms with Gasteiger partial charge in [-0.2, -0.15) is 0 Å². The van der Waals surface area contributed by atoms with Crippen LogP contribution in [0.5, 0.6) is 0 Å². The van der Waals surface area contributed by atoms with Gasteiger partial charge in [0.25, 0.3) is 5.91 Å². The van der Waals surface area contributed by atoms with Crippen molar-refractivity contribution < 1.29 is 13.2 Å². The molecular weight excluding hydrogens is 396 g/mol. The summed E-state index contributed by atoms with van der Waals surface area (Å²) in [6.07, 6.45) is 1.63. The molecule has 3 rings (SSSR count). The van der Waals surface area contributed by atoms with Crippen molar-refractivity contribution in [1.82, 2.24) is 10.0 Å². The quantitative estimate of drug-likeness (QED) is 0.552. The highest BCUT2D eigenvalue weighted by Gasteiger charge is 2.13. The molecule has 0 radical (unpaired) electrons. The molecule has 2 N–H and O–H groups in total. The summed E-state index contributed by atoms with van der Waals surface area (Å²) in [5.41, 5.74) is 3.59. The van der Waals surface area contributed by atoms with Crippen LogP contribution in [-0.2, 0) is 29.4 Å². The van der Waals surface area contributed by atoms with Crippen LogP contribution in [0.4, 0.5) is 0 Å². The van der Waals surface area contributed by atoms with Gasteiger partial charge >= 0.3 is 0 Å². The van der Waals surface area contributed by atoms with Crippen molar-refractivity contribution in [2.45, 2.75) is 31.2 Å². The van der Waals surface area contributed by atoms with E-state index in [4.69, 9.17) is 0 Å².